The van der Waals surface area contributed by atoms with Gasteiger partial charge in [0.2, 0.25) is 0 Å². The van der Waals surface area contributed by atoms with Gasteiger partial charge in [-0.25, -0.2) is 0 Å². The lowest BCUT2D eigenvalue weighted by atomic mass is 10.1. The predicted molar refractivity (Wildman–Crippen MR) is 106 cm³/mol. The summed E-state index contributed by atoms with van der Waals surface area (Å²) in [6.07, 6.45) is 0. The van der Waals surface area contributed by atoms with Crippen LogP contribution in [0, 0.1) is 0 Å². The first kappa shape index (κ1) is 18.2. The number of ether oxygens (including phenoxy) is 2. The fourth-order valence-corrected chi connectivity index (χ4v) is 2.98. The molecule has 0 spiro atoms. The Morgan fingerprint density at radius 3 is 1.73 bits per heavy atom. The van der Waals surface area contributed by atoms with E-state index in [9.17, 15) is 4.79 Å². The highest BCUT2D eigenvalue weighted by Crippen LogP contribution is 2.24. The molecular formula is C20H25N3O3. The summed E-state index contributed by atoms with van der Waals surface area (Å²) in [5.74, 6) is 1.40. The van der Waals surface area contributed by atoms with E-state index < -0.39 is 0 Å². The van der Waals surface area contributed by atoms with Gasteiger partial charge in [-0.1, -0.05) is 0 Å². The van der Waals surface area contributed by atoms with Gasteiger partial charge in [-0.15, -0.1) is 0 Å². The fourth-order valence-electron chi connectivity index (χ4n) is 2.98. The minimum atomic E-state index is -0.00812. The molecule has 0 fully saturated rings. The second kappa shape index (κ2) is 8.21. The Morgan fingerprint density at radius 2 is 1.31 bits per heavy atom. The SMILES string of the molecule is CNCCOc1ccc2c(c1)c(=O)c1cc(OCCNC)ccc1n2C. The van der Waals surface area contributed by atoms with Crippen molar-refractivity contribution in [2.24, 2.45) is 7.05 Å². The van der Waals surface area contributed by atoms with E-state index in [1.165, 1.54) is 0 Å². The smallest absolute Gasteiger partial charge is 0.197 e. The Kier molecular flexibility index (Phi) is 5.75. The van der Waals surface area contributed by atoms with Gasteiger partial charge in [0.25, 0.3) is 0 Å². The van der Waals surface area contributed by atoms with E-state index in [1.54, 1.807) is 0 Å². The lowest BCUT2D eigenvalue weighted by Gasteiger charge is -2.13. The Hall–Kier alpha value is -2.57. The molecule has 1 heterocycles. The van der Waals surface area contributed by atoms with E-state index in [2.05, 4.69) is 10.6 Å². The molecule has 0 aliphatic rings. The number of fused-ring (bicyclic) bond motifs is 2. The van der Waals surface area contributed by atoms with Crippen LogP contribution in [-0.2, 0) is 7.05 Å². The zero-order chi connectivity index (χ0) is 18.5. The highest BCUT2D eigenvalue weighted by Gasteiger charge is 2.11. The molecule has 0 atom stereocenters. The normalized spacial score (nSPS) is 11.2. The van der Waals surface area contributed by atoms with E-state index in [0.717, 1.165) is 24.1 Å². The van der Waals surface area contributed by atoms with Crippen molar-refractivity contribution in [2.75, 3.05) is 40.4 Å². The first-order valence-electron chi connectivity index (χ1n) is 8.77. The predicted octanol–water partition coefficient (Wildman–Crippen LogP) is 1.89. The summed E-state index contributed by atoms with van der Waals surface area (Å²) < 4.78 is 13.4. The van der Waals surface area contributed by atoms with Gasteiger partial charge in [0.15, 0.2) is 5.43 Å². The van der Waals surface area contributed by atoms with Crippen molar-refractivity contribution >= 4 is 21.8 Å². The van der Waals surface area contributed by atoms with Crippen molar-refractivity contribution in [3.05, 3.63) is 46.6 Å². The molecule has 0 radical (unpaired) electrons. The molecule has 138 valence electrons. The van der Waals surface area contributed by atoms with Crippen LogP contribution in [0.1, 0.15) is 0 Å². The Labute approximate surface area is 152 Å². The molecule has 2 N–H and O–H groups in total. The number of likely N-dealkylation sites (N-methyl/N-ethyl adjacent to an activating group) is 2. The van der Waals surface area contributed by atoms with Gasteiger partial charge in [-0.05, 0) is 50.5 Å². The van der Waals surface area contributed by atoms with Crippen LogP contribution >= 0.6 is 0 Å². The molecule has 6 nitrogen and oxygen atoms in total. The maximum atomic E-state index is 13.1. The second-order valence-electron chi connectivity index (χ2n) is 6.15. The topological polar surface area (TPSA) is 64.5 Å². The molecule has 0 saturated carbocycles. The zero-order valence-electron chi connectivity index (χ0n) is 15.5. The van der Waals surface area contributed by atoms with Crippen molar-refractivity contribution in [2.45, 2.75) is 0 Å². The molecule has 1 aromatic heterocycles. The molecule has 2 aromatic carbocycles. The monoisotopic (exact) mass is 355 g/mol. The molecule has 3 aromatic rings. The number of nitrogens with zero attached hydrogens (tertiary/aromatic N) is 1. The van der Waals surface area contributed by atoms with E-state index in [0.29, 0.717) is 35.5 Å². The third kappa shape index (κ3) is 3.66. The number of hydrogen-bond acceptors (Lipinski definition) is 5. The number of aromatic nitrogens is 1. The Bertz CT molecular complexity index is 892. The summed E-state index contributed by atoms with van der Waals surface area (Å²) in [4.78, 5) is 13.1. The highest BCUT2D eigenvalue weighted by atomic mass is 16.5. The molecule has 0 aliphatic carbocycles. The molecule has 0 saturated heterocycles. The summed E-state index contributed by atoms with van der Waals surface area (Å²) >= 11 is 0. The summed E-state index contributed by atoms with van der Waals surface area (Å²) in [7, 11) is 5.72. The fraction of sp³-hybridized carbons (Fsp3) is 0.350. The van der Waals surface area contributed by atoms with Gasteiger partial charge in [0.1, 0.15) is 24.7 Å². The Morgan fingerprint density at radius 1 is 0.846 bits per heavy atom. The van der Waals surface area contributed by atoms with Gasteiger partial charge >= 0.3 is 0 Å². The highest BCUT2D eigenvalue weighted by molar-refractivity contribution is 5.94. The number of pyridine rings is 1. The summed E-state index contributed by atoms with van der Waals surface area (Å²) in [6, 6.07) is 11.3. The van der Waals surface area contributed by atoms with Crippen LogP contribution < -0.4 is 25.5 Å². The molecule has 3 rings (SSSR count). The standard InChI is InChI=1S/C20H25N3O3/c1-21-8-10-25-14-4-6-18-16(12-14)20(24)17-13-15(26-11-9-22-2)5-7-19(17)23(18)3/h4-7,12-13,21-22H,8-11H2,1-3H3. The van der Waals surface area contributed by atoms with E-state index in [-0.39, 0.29) is 5.43 Å². The van der Waals surface area contributed by atoms with E-state index in [1.807, 2.05) is 62.1 Å². The minimum Gasteiger partial charge on any atom is -0.492 e. The third-order valence-electron chi connectivity index (χ3n) is 4.39. The van der Waals surface area contributed by atoms with Crippen molar-refractivity contribution < 1.29 is 9.47 Å². The largest absolute Gasteiger partial charge is 0.492 e. The average Bonchev–Trinajstić information content (AvgIpc) is 2.66. The van der Waals surface area contributed by atoms with Crippen LogP contribution in [0.25, 0.3) is 21.8 Å². The minimum absolute atomic E-state index is 0.00812. The molecule has 26 heavy (non-hydrogen) atoms. The van der Waals surface area contributed by atoms with Crippen LogP contribution in [0.5, 0.6) is 11.5 Å². The molecule has 0 unspecified atom stereocenters. The number of nitrogens with one attached hydrogen (secondary N) is 2. The maximum absolute atomic E-state index is 13.1. The Balaban J connectivity index is 2.05. The number of benzene rings is 2. The summed E-state index contributed by atoms with van der Waals surface area (Å²) in [5, 5.41) is 7.37. The van der Waals surface area contributed by atoms with Crippen LogP contribution in [-0.4, -0.2) is 45.0 Å². The summed E-state index contributed by atoms with van der Waals surface area (Å²) in [6.45, 7) is 2.61. The van der Waals surface area contributed by atoms with Crippen LogP contribution in [0.4, 0.5) is 0 Å². The van der Waals surface area contributed by atoms with Crippen LogP contribution in [0.2, 0.25) is 0 Å². The summed E-state index contributed by atoms with van der Waals surface area (Å²) in [5.41, 5.74) is 1.76. The first-order valence-corrected chi connectivity index (χ1v) is 8.77. The van der Waals surface area contributed by atoms with Crippen molar-refractivity contribution in [3.63, 3.8) is 0 Å². The van der Waals surface area contributed by atoms with E-state index >= 15 is 0 Å². The lowest BCUT2D eigenvalue weighted by Crippen LogP contribution is -2.16. The molecule has 0 bridgehead atoms. The zero-order valence-corrected chi connectivity index (χ0v) is 15.5. The van der Waals surface area contributed by atoms with Gasteiger partial charge in [-0.3, -0.25) is 4.79 Å². The number of hydrogen-bond donors (Lipinski definition) is 2. The van der Waals surface area contributed by atoms with Crippen molar-refractivity contribution in [1.82, 2.24) is 15.2 Å². The van der Waals surface area contributed by atoms with Gasteiger partial charge in [0, 0.05) is 30.9 Å². The molecule has 6 heteroatoms. The van der Waals surface area contributed by atoms with Gasteiger partial charge in [-0.2, -0.15) is 0 Å². The number of rotatable bonds is 8. The van der Waals surface area contributed by atoms with Crippen LogP contribution in [0.15, 0.2) is 41.2 Å². The molecule has 0 aliphatic heterocycles. The van der Waals surface area contributed by atoms with Crippen molar-refractivity contribution in [1.29, 1.82) is 0 Å². The first-order chi connectivity index (χ1) is 12.7. The van der Waals surface area contributed by atoms with Gasteiger partial charge in [0.05, 0.1) is 11.0 Å². The quantitative estimate of drug-likeness (QED) is 0.477. The maximum Gasteiger partial charge on any atom is 0.197 e. The van der Waals surface area contributed by atoms with Crippen LogP contribution in [0.3, 0.4) is 0 Å². The molecular weight excluding hydrogens is 330 g/mol. The van der Waals surface area contributed by atoms with Gasteiger partial charge < -0.3 is 24.7 Å². The average molecular weight is 355 g/mol. The van der Waals surface area contributed by atoms with Crippen molar-refractivity contribution in [3.8, 4) is 11.5 Å². The molecule has 0 amide bonds. The lowest BCUT2D eigenvalue weighted by molar-refractivity contribution is 0.319. The second-order valence-corrected chi connectivity index (χ2v) is 6.15. The van der Waals surface area contributed by atoms with E-state index in [4.69, 9.17) is 9.47 Å². The number of aryl methyl sites for hydroxylation is 1. The third-order valence-corrected chi connectivity index (χ3v) is 4.39.